The summed E-state index contributed by atoms with van der Waals surface area (Å²) in [4.78, 5) is 20.8. The molecule has 0 unspecified atom stereocenters. The first kappa shape index (κ1) is 12.5. The summed E-state index contributed by atoms with van der Waals surface area (Å²) >= 11 is 3.29. The first-order valence-corrected chi connectivity index (χ1v) is 5.29. The second-order valence-electron chi connectivity index (χ2n) is 2.84. The molecule has 5 nitrogen and oxygen atoms in total. The first-order chi connectivity index (χ1) is 7.61. The molecule has 0 aliphatic rings. The second kappa shape index (κ2) is 6.12. The van der Waals surface area contributed by atoms with Crippen molar-refractivity contribution in [1.82, 2.24) is 5.32 Å². The van der Waals surface area contributed by atoms with Gasteiger partial charge in [-0.15, -0.1) is 0 Å². The molecule has 0 atom stereocenters. The van der Waals surface area contributed by atoms with Crippen LogP contribution in [-0.4, -0.2) is 30.1 Å². The maximum Gasteiger partial charge on any atom is 0.394 e. The molecule has 0 heterocycles. The molecule has 16 heavy (non-hydrogen) atoms. The lowest BCUT2D eigenvalue weighted by atomic mass is 10.3. The number of rotatable bonds is 4. The van der Waals surface area contributed by atoms with E-state index in [9.17, 15) is 9.59 Å². The van der Waals surface area contributed by atoms with E-state index in [0.717, 1.165) is 4.47 Å². The molecule has 0 aliphatic carbocycles. The van der Waals surface area contributed by atoms with Gasteiger partial charge in [-0.2, -0.15) is 0 Å². The molecule has 0 radical (unpaired) electrons. The Kier molecular flexibility index (Phi) is 4.78. The van der Waals surface area contributed by atoms with Gasteiger partial charge in [0.2, 0.25) is 0 Å². The van der Waals surface area contributed by atoms with Crippen molar-refractivity contribution in [2.45, 2.75) is 0 Å². The summed E-state index contributed by atoms with van der Waals surface area (Å²) in [5.41, 5.74) is 0. The zero-order valence-electron chi connectivity index (χ0n) is 8.27. The van der Waals surface area contributed by atoms with Gasteiger partial charge in [0.15, 0.2) is 0 Å². The van der Waals surface area contributed by atoms with Gasteiger partial charge in [0, 0.05) is 0 Å². The lowest BCUT2D eigenvalue weighted by Gasteiger charge is -2.07. The summed E-state index contributed by atoms with van der Waals surface area (Å²) in [5.74, 6) is -1.89. The highest BCUT2D eigenvalue weighted by Crippen LogP contribution is 2.23. The van der Waals surface area contributed by atoms with Crippen molar-refractivity contribution in [3.05, 3.63) is 28.7 Å². The molecule has 86 valence electrons. The van der Waals surface area contributed by atoms with E-state index in [2.05, 4.69) is 21.2 Å². The van der Waals surface area contributed by atoms with Crippen LogP contribution in [0.5, 0.6) is 5.75 Å². The number of carbonyl (C=O) groups is 2. The van der Waals surface area contributed by atoms with Crippen molar-refractivity contribution >= 4 is 27.8 Å². The van der Waals surface area contributed by atoms with Crippen LogP contribution in [0.3, 0.4) is 0 Å². The van der Waals surface area contributed by atoms with Crippen LogP contribution in [0, 0.1) is 0 Å². The minimum absolute atomic E-state index is 0.145. The third-order valence-electron chi connectivity index (χ3n) is 1.68. The molecule has 1 aromatic rings. The average Bonchev–Trinajstić information content (AvgIpc) is 2.26. The third-order valence-corrected chi connectivity index (χ3v) is 2.33. The second-order valence-corrected chi connectivity index (χ2v) is 3.69. The molecule has 0 saturated heterocycles. The number of carboxylic acids is 1. The van der Waals surface area contributed by atoms with E-state index in [-0.39, 0.29) is 13.2 Å². The number of benzene rings is 1. The van der Waals surface area contributed by atoms with Crippen LogP contribution in [0.25, 0.3) is 0 Å². The van der Waals surface area contributed by atoms with Crippen molar-refractivity contribution in [1.29, 1.82) is 0 Å². The minimum Gasteiger partial charge on any atom is -0.491 e. The van der Waals surface area contributed by atoms with E-state index in [1.807, 2.05) is 18.2 Å². The highest BCUT2D eigenvalue weighted by Gasteiger charge is 2.09. The van der Waals surface area contributed by atoms with Crippen molar-refractivity contribution in [2.24, 2.45) is 0 Å². The first-order valence-electron chi connectivity index (χ1n) is 4.49. The van der Waals surface area contributed by atoms with Gasteiger partial charge in [0.25, 0.3) is 0 Å². The highest BCUT2D eigenvalue weighted by molar-refractivity contribution is 9.10. The predicted molar refractivity (Wildman–Crippen MR) is 60.3 cm³/mol. The van der Waals surface area contributed by atoms with Gasteiger partial charge in [-0.05, 0) is 28.1 Å². The van der Waals surface area contributed by atoms with Gasteiger partial charge in [0.1, 0.15) is 12.4 Å². The Morgan fingerprint density at radius 2 is 2.06 bits per heavy atom. The normalized spacial score (nSPS) is 9.56. The Hall–Kier alpha value is -1.56. The molecule has 1 aromatic carbocycles. The van der Waals surface area contributed by atoms with E-state index in [4.69, 9.17) is 9.84 Å². The van der Waals surface area contributed by atoms with Crippen LogP contribution in [-0.2, 0) is 9.59 Å². The van der Waals surface area contributed by atoms with Gasteiger partial charge in [-0.25, -0.2) is 4.79 Å². The summed E-state index contributed by atoms with van der Waals surface area (Å²) in [7, 11) is 0. The van der Waals surface area contributed by atoms with Crippen LogP contribution in [0.4, 0.5) is 0 Å². The van der Waals surface area contributed by atoms with Crippen molar-refractivity contribution in [2.75, 3.05) is 13.2 Å². The zero-order chi connectivity index (χ0) is 12.0. The molecule has 0 bridgehead atoms. The number of aliphatic carboxylic acids is 1. The molecule has 0 aliphatic heterocycles. The SMILES string of the molecule is O=C(O)C(=O)NCCOc1ccccc1Br. The quantitative estimate of drug-likeness (QED) is 0.641. The van der Waals surface area contributed by atoms with Gasteiger partial charge >= 0.3 is 11.9 Å². The molecule has 1 rings (SSSR count). The van der Waals surface area contributed by atoms with Crippen LogP contribution in [0.15, 0.2) is 28.7 Å². The van der Waals surface area contributed by atoms with Crippen LogP contribution in [0.2, 0.25) is 0 Å². The standard InChI is InChI=1S/C10H10BrNO4/c11-7-3-1-2-4-8(7)16-6-5-12-9(13)10(14)15/h1-4H,5-6H2,(H,12,13)(H,14,15). The highest BCUT2D eigenvalue weighted by atomic mass is 79.9. The number of halogens is 1. The maximum atomic E-state index is 10.6. The molecule has 0 saturated carbocycles. The smallest absolute Gasteiger partial charge is 0.394 e. The molecule has 0 spiro atoms. The fourth-order valence-corrected chi connectivity index (χ4v) is 1.36. The van der Waals surface area contributed by atoms with E-state index < -0.39 is 11.9 Å². The zero-order valence-corrected chi connectivity index (χ0v) is 9.86. The molecule has 0 aromatic heterocycles. The molecule has 6 heteroatoms. The van der Waals surface area contributed by atoms with Gasteiger partial charge in [0.05, 0.1) is 11.0 Å². The fourth-order valence-electron chi connectivity index (χ4n) is 0.963. The summed E-state index contributed by atoms with van der Waals surface area (Å²) in [5, 5.41) is 10.5. The summed E-state index contributed by atoms with van der Waals surface area (Å²) in [6, 6.07) is 7.26. The summed E-state index contributed by atoms with van der Waals surface area (Å²) < 4.78 is 6.12. The lowest BCUT2D eigenvalue weighted by Crippen LogP contribution is -2.33. The molecule has 0 fully saturated rings. The molecular weight excluding hydrogens is 278 g/mol. The summed E-state index contributed by atoms with van der Waals surface area (Å²) in [6.45, 7) is 0.355. The molecule has 2 N–H and O–H groups in total. The Balaban J connectivity index is 2.29. The monoisotopic (exact) mass is 287 g/mol. The Morgan fingerprint density at radius 3 is 2.69 bits per heavy atom. The number of carbonyl (C=O) groups excluding carboxylic acids is 1. The van der Waals surface area contributed by atoms with Crippen molar-refractivity contribution < 1.29 is 19.4 Å². The topological polar surface area (TPSA) is 75.6 Å². The van der Waals surface area contributed by atoms with Crippen LogP contribution >= 0.6 is 15.9 Å². The Labute approximate surface area is 101 Å². The number of carboxylic acid groups (broad SMARTS) is 1. The van der Waals surface area contributed by atoms with E-state index in [1.165, 1.54) is 0 Å². The van der Waals surface area contributed by atoms with E-state index in [1.54, 1.807) is 6.07 Å². The number of ether oxygens (including phenoxy) is 1. The Bertz CT molecular complexity index is 394. The number of amides is 1. The molecular formula is C10H10BrNO4. The van der Waals surface area contributed by atoms with Crippen molar-refractivity contribution in [3.63, 3.8) is 0 Å². The number of hydrogen-bond acceptors (Lipinski definition) is 3. The Morgan fingerprint density at radius 1 is 1.38 bits per heavy atom. The largest absolute Gasteiger partial charge is 0.491 e. The number of para-hydroxylation sites is 1. The van der Waals surface area contributed by atoms with Crippen molar-refractivity contribution in [3.8, 4) is 5.75 Å². The van der Waals surface area contributed by atoms with E-state index in [0.29, 0.717) is 5.75 Å². The number of hydrogen-bond donors (Lipinski definition) is 2. The van der Waals surface area contributed by atoms with Crippen LogP contribution < -0.4 is 10.1 Å². The predicted octanol–water partition coefficient (Wildman–Crippen LogP) is 1.03. The minimum atomic E-state index is -1.50. The third kappa shape index (κ3) is 3.90. The van der Waals surface area contributed by atoms with Gasteiger partial charge in [-0.1, -0.05) is 12.1 Å². The van der Waals surface area contributed by atoms with Crippen LogP contribution in [0.1, 0.15) is 0 Å². The average molecular weight is 288 g/mol. The van der Waals surface area contributed by atoms with E-state index >= 15 is 0 Å². The van der Waals surface area contributed by atoms with Gasteiger partial charge in [-0.3, -0.25) is 4.79 Å². The lowest BCUT2D eigenvalue weighted by molar-refractivity contribution is -0.150. The number of nitrogens with one attached hydrogen (secondary N) is 1. The fraction of sp³-hybridized carbons (Fsp3) is 0.200. The summed E-state index contributed by atoms with van der Waals surface area (Å²) in [6.07, 6.45) is 0. The van der Waals surface area contributed by atoms with Gasteiger partial charge < -0.3 is 15.2 Å². The molecule has 1 amide bonds. The maximum absolute atomic E-state index is 10.6.